The molecule has 5 N–H and O–H groups in total. The Labute approximate surface area is 670 Å². The standard InChI is InChI=1S/C82H140N4O27/c1-55-68(52-105-61(7)87)111-78(58(4)75(55)108-64(10)90)101-46-28-35-67(93)34-22-16-13-21-27-45-86-81(98)104-51-33-42-82(83,40-31-49-99-73(96)38-23-17-14-19-25-43-84-71(94)36-29-47-102-79-59(5)76(109-65(11)91)56(2)69(112-79)53-106-62(8)88)41-32-50-100-74(97)39-24-18-15-20-26-44-85-72(95)37-30-48-103-80-60(6)77(110-66(12)92)57(3)70(113-80)54-107-63(9)89/h55-60,68-70,75-80H,13-54,83H2,1-12H3,(H,84,94)(H,85,95)(H,86,98). The number of carbonyl (C=O) groups excluding carboxylic acids is 12. The van der Waals surface area contributed by atoms with E-state index in [1.165, 1.54) is 41.5 Å². The Morgan fingerprint density at radius 3 is 0.938 bits per heavy atom. The number of nitrogens with one attached hydrogen (secondary N) is 3. The second-order valence-electron chi connectivity index (χ2n) is 30.8. The fourth-order valence-electron chi connectivity index (χ4n) is 14.2. The monoisotopic (exact) mass is 1610 g/mol. The predicted molar refractivity (Wildman–Crippen MR) is 413 cm³/mol. The average molecular weight is 1610 g/mol. The van der Waals surface area contributed by atoms with Crippen molar-refractivity contribution in [2.75, 3.05) is 79.1 Å². The third-order valence-electron chi connectivity index (χ3n) is 20.8. The fraction of sp³-hybridized carbons (Fsp3) is 0.854. The van der Waals surface area contributed by atoms with E-state index in [-0.39, 0.29) is 150 Å². The number of Topliss-reactive ketones (excluding diaryl/α,β-unsaturated/α-hetero) is 1. The number of esters is 8. The van der Waals surface area contributed by atoms with Crippen molar-refractivity contribution in [2.45, 2.75) is 337 Å². The molecule has 0 bridgehead atoms. The first-order chi connectivity index (χ1) is 53.9. The number of carbonyl (C=O) groups is 12. The Hall–Kier alpha value is -6.64. The van der Waals surface area contributed by atoms with Gasteiger partial charge in [0.05, 0.1) is 39.6 Å². The largest absolute Gasteiger partial charge is 0.466 e. The lowest BCUT2D eigenvalue weighted by atomic mass is 9.85. The Morgan fingerprint density at radius 2 is 0.602 bits per heavy atom. The van der Waals surface area contributed by atoms with Gasteiger partial charge >= 0.3 is 53.8 Å². The van der Waals surface area contributed by atoms with Gasteiger partial charge in [0.2, 0.25) is 11.8 Å². The van der Waals surface area contributed by atoms with Crippen LogP contribution in [0.25, 0.3) is 0 Å². The highest BCUT2D eigenvalue weighted by Gasteiger charge is 2.47. The van der Waals surface area contributed by atoms with Gasteiger partial charge in [-0.1, -0.05) is 99.3 Å². The summed E-state index contributed by atoms with van der Waals surface area (Å²) in [5.74, 6) is -4.82. The topological polar surface area (TPSA) is 405 Å². The summed E-state index contributed by atoms with van der Waals surface area (Å²) < 4.78 is 85.3. The lowest BCUT2D eigenvalue weighted by Crippen LogP contribution is -2.53. The smallest absolute Gasteiger partial charge is 0.407 e. The molecule has 0 saturated carbocycles. The maximum atomic E-state index is 12.8. The van der Waals surface area contributed by atoms with Gasteiger partial charge in [0.25, 0.3) is 0 Å². The van der Waals surface area contributed by atoms with Gasteiger partial charge in [-0.05, 0) is 96.3 Å². The third-order valence-corrected chi connectivity index (χ3v) is 20.8. The number of hydrogen-bond donors (Lipinski definition) is 4. The molecule has 31 heteroatoms. The maximum absolute atomic E-state index is 12.8. The molecule has 0 spiro atoms. The van der Waals surface area contributed by atoms with Gasteiger partial charge in [0.15, 0.2) is 18.9 Å². The van der Waals surface area contributed by atoms with Crippen molar-refractivity contribution >= 4 is 71.4 Å². The Bertz CT molecular complexity index is 2530. The predicted octanol–water partition coefficient (Wildman–Crippen LogP) is 10.5. The highest BCUT2D eigenvalue weighted by atomic mass is 16.7. The zero-order valence-corrected chi connectivity index (χ0v) is 70.0. The summed E-state index contributed by atoms with van der Waals surface area (Å²) in [5.41, 5.74) is 6.31. The molecule has 3 heterocycles. The molecule has 0 aromatic heterocycles. The number of unbranched alkanes of at least 4 members (excludes halogenated alkanes) is 12. The van der Waals surface area contributed by atoms with Crippen molar-refractivity contribution < 1.29 is 129 Å². The number of ketones is 1. The van der Waals surface area contributed by atoms with Crippen LogP contribution in [0.4, 0.5) is 4.79 Å². The first kappa shape index (κ1) is 101. The summed E-state index contributed by atoms with van der Waals surface area (Å²) in [6.07, 6.45) is 12.7. The van der Waals surface area contributed by atoms with E-state index in [1.807, 2.05) is 41.5 Å². The van der Waals surface area contributed by atoms with Crippen LogP contribution in [0.3, 0.4) is 0 Å². The molecule has 3 saturated heterocycles. The highest BCUT2D eigenvalue weighted by molar-refractivity contribution is 5.78. The van der Waals surface area contributed by atoms with Gasteiger partial charge < -0.3 is 92.7 Å². The zero-order chi connectivity index (χ0) is 83.5. The number of rotatable bonds is 60. The van der Waals surface area contributed by atoms with Crippen LogP contribution in [-0.4, -0.2) is 212 Å². The van der Waals surface area contributed by atoms with Gasteiger partial charge in [0, 0.05) is 141 Å². The van der Waals surface area contributed by atoms with Crippen LogP contribution in [0, 0.1) is 35.5 Å². The third kappa shape index (κ3) is 44.9. The minimum atomic E-state index is -0.722. The number of ether oxygens (including phenoxy) is 15. The van der Waals surface area contributed by atoms with Gasteiger partial charge in [-0.2, -0.15) is 0 Å². The maximum Gasteiger partial charge on any atom is 0.407 e. The molecule has 113 heavy (non-hydrogen) atoms. The van der Waals surface area contributed by atoms with Crippen molar-refractivity contribution in [2.24, 2.45) is 41.2 Å². The highest BCUT2D eigenvalue weighted by Crippen LogP contribution is 2.37. The molecule has 3 fully saturated rings. The molecule has 0 aromatic rings. The average Bonchev–Trinajstić information content (AvgIpc) is 0.818. The van der Waals surface area contributed by atoms with E-state index >= 15 is 0 Å². The summed E-state index contributed by atoms with van der Waals surface area (Å²) in [5, 5.41) is 8.71. The van der Waals surface area contributed by atoms with Gasteiger partial charge in [-0.3, -0.25) is 52.7 Å². The molecule has 31 nitrogen and oxygen atoms in total. The van der Waals surface area contributed by atoms with Crippen LogP contribution >= 0.6 is 0 Å². The van der Waals surface area contributed by atoms with E-state index in [2.05, 4.69) is 16.0 Å². The van der Waals surface area contributed by atoms with E-state index in [0.29, 0.717) is 103 Å². The molecule has 3 aliphatic rings. The Morgan fingerprint density at radius 1 is 0.310 bits per heavy atom. The lowest BCUT2D eigenvalue weighted by molar-refractivity contribution is -0.272. The molecule has 0 radical (unpaired) electrons. The van der Waals surface area contributed by atoms with Crippen molar-refractivity contribution in [3.8, 4) is 0 Å². The first-order valence-corrected chi connectivity index (χ1v) is 41.7. The summed E-state index contributed by atoms with van der Waals surface area (Å²) >= 11 is 0. The molecule has 15 atom stereocenters. The van der Waals surface area contributed by atoms with Gasteiger partial charge in [0.1, 0.15) is 62.2 Å². The molecular formula is C82H140N4O27. The number of nitrogens with two attached hydrogens (primary N) is 1. The molecule has 3 rings (SSSR count). The van der Waals surface area contributed by atoms with Crippen LogP contribution in [0.2, 0.25) is 0 Å². The molecule has 3 aliphatic heterocycles. The van der Waals surface area contributed by atoms with Crippen LogP contribution in [0.15, 0.2) is 0 Å². The minimum absolute atomic E-state index is 0.000771. The van der Waals surface area contributed by atoms with Crippen molar-refractivity contribution in [3.05, 3.63) is 0 Å². The van der Waals surface area contributed by atoms with Crippen molar-refractivity contribution in [3.63, 3.8) is 0 Å². The molecule has 0 aromatic carbocycles. The first-order valence-electron chi connectivity index (χ1n) is 41.7. The molecular weight excluding hydrogens is 1470 g/mol. The Kier molecular flexibility index (Phi) is 51.8. The van der Waals surface area contributed by atoms with Crippen LogP contribution < -0.4 is 21.7 Å². The molecule has 650 valence electrons. The number of alkyl carbamates (subject to hydrolysis) is 1. The van der Waals surface area contributed by atoms with Crippen molar-refractivity contribution in [1.29, 1.82) is 0 Å². The van der Waals surface area contributed by atoms with Crippen LogP contribution in [-0.2, 0) is 124 Å². The molecule has 0 aliphatic carbocycles. The summed E-state index contributed by atoms with van der Waals surface area (Å²) in [6.45, 7) is 21.9. The minimum Gasteiger partial charge on any atom is -0.466 e. The van der Waals surface area contributed by atoms with E-state index in [1.54, 1.807) is 0 Å². The number of hydrogen-bond acceptors (Lipinski definition) is 28. The van der Waals surface area contributed by atoms with E-state index in [9.17, 15) is 57.5 Å². The summed E-state index contributed by atoms with van der Waals surface area (Å²) in [6, 6.07) is 0. The van der Waals surface area contributed by atoms with E-state index < -0.39 is 103 Å². The van der Waals surface area contributed by atoms with Crippen molar-refractivity contribution in [1.82, 2.24) is 16.0 Å². The normalized spacial score (nSPS) is 23.9. The Balaban J connectivity index is 1.33. The number of amides is 3. The molecule has 3 amide bonds. The van der Waals surface area contributed by atoms with Gasteiger partial charge in [-0.25, -0.2) is 4.79 Å². The van der Waals surface area contributed by atoms with E-state index in [4.69, 9.17) is 76.8 Å². The van der Waals surface area contributed by atoms with Crippen LogP contribution in [0.5, 0.6) is 0 Å². The second kappa shape index (κ2) is 58.2. The fourth-order valence-corrected chi connectivity index (χ4v) is 14.2. The quantitative estimate of drug-likeness (QED) is 0.0250. The zero-order valence-electron chi connectivity index (χ0n) is 70.0. The lowest BCUT2D eigenvalue weighted by Gasteiger charge is -2.43. The summed E-state index contributed by atoms with van der Waals surface area (Å²) in [7, 11) is 0. The van der Waals surface area contributed by atoms with E-state index in [0.717, 1.165) is 83.5 Å². The molecule has 15 unspecified atom stereocenters. The second-order valence-corrected chi connectivity index (χ2v) is 30.8. The van der Waals surface area contributed by atoms with Crippen LogP contribution in [0.1, 0.15) is 276 Å². The SMILES string of the molecule is CC(=O)OCC1OC(OCCCC(=O)CCCCCCCNC(=O)OCCCC(N)(CCCOC(=O)CCCCCCCNC(=O)CCCOC2OC(COC(C)=O)C(C)C(OC(C)=O)C2C)CCCOC(=O)CCCCCCCNC(=O)CCCOC2OC(COC(C)=O)C(C)C(OC(C)=O)C2C)C(C)C(OC(C)=O)C1C. The van der Waals surface area contributed by atoms with Gasteiger partial charge in [-0.15, -0.1) is 0 Å². The summed E-state index contributed by atoms with van der Waals surface area (Å²) in [4.78, 5) is 146.